The van der Waals surface area contributed by atoms with Crippen LogP contribution in [0.25, 0.3) is 21.9 Å². The predicted octanol–water partition coefficient (Wildman–Crippen LogP) is 4.80. The maximum Gasteiger partial charge on any atom is 0.229 e. The molecule has 0 saturated heterocycles. The molecule has 2 aromatic carbocycles. The highest BCUT2D eigenvalue weighted by Crippen LogP contribution is 2.61. The number of ether oxygens (including phenoxy) is 1. The first-order valence-electron chi connectivity index (χ1n) is 11.4. The number of rotatable bonds is 5. The summed E-state index contributed by atoms with van der Waals surface area (Å²) in [5.74, 6) is 1.75. The molecule has 1 unspecified atom stereocenters. The Hall–Kier alpha value is -3.99. The smallest absolute Gasteiger partial charge is 0.229 e. The SMILES string of the molecule is CC(C(=O)Nc1nc2cc(C#N)ccc2[nH]1)[C@@H]1[C@@H]2C[C@@H](Oc3ccnc4ccc(F)cc34)C[C@@H]21. The van der Waals surface area contributed by atoms with Crippen molar-refractivity contribution in [3.8, 4) is 11.8 Å². The summed E-state index contributed by atoms with van der Waals surface area (Å²) in [5, 5.41) is 12.6. The van der Waals surface area contributed by atoms with E-state index in [9.17, 15) is 9.18 Å². The minimum atomic E-state index is -0.311. The molecule has 0 bridgehead atoms. The van der Waals surface area contributed by atoms with Gasteiger partial charge in [0.25, 0.3) is 0 Å². The standard InChI is InChI=1S/C26H22FN5O2/c1-13(25(33)32-26-30-21-4-2-14(12-28)8-22(21)31-26)24-17-10-16(11-18(17)24)34-23-6-7-29-20-5-3-15(27)9-19(20)23/h2-9,13,16-18,24H,10-11H2,1H3,(H2,30,31,32,33)/t13?,16-,17-,18+,24-. The average Bonchev–Trinajstić information content (AvgIpc) is 3.15. The van der Waals surface area contributed by atoms with E-state index in [4.69, 9.17) is 10.00 Å². The fourth-order valence-corrected chi connectivity index (χ4v) is 5.60. The van der Waals surface area contributed by atoms with E-state index in [1.165, 1.54) is 12.1 Å². The van der Waals surface area contributed by atoms with Crippen molar-refractivity contribution < 1.29 is 13.9 Å². The van der Waals surface area contributed by atoms with E-state index >= 15 is 0 Å². The van der Waals surface area contributed by atoms with Gasteiger partial charge in [-0.3, -0.25) is 15.1 Å². The van der Waals surface area contributed by atoms with E-state index in [0.717, 1.165) is 18.4 Å². The molecule has 0 aliphatic heterocycles. The number of amides is 1. The molecule has 2 N–H and O–H groups in total. The lowest BCUT2D eigenvalue weighted by molar-refractivity contribution is -0.120. The number of nitrogens with zero attached hydrogens (tertiary/aromatic N) is 3. The summed E-state index contributed by atoms with van der Waals surface area (Å²) in [7, 11) is 0. The first-order valence-corrected chi connectivity index (χ1v) is 11.4. The van der Waals surface area contributed by atoms with Crippen LogP contribution < -0.4 is 10.1 Å². The number of imidazole rings is 1. The largest absolute Gasteiger partial charge is 0.490 e. The number of pyridine rings is 1. The summed E-state index contributed by atoms with van der Waals surface area (Å²) in [5.41, 5.74) is 2.65. The predicted molar refractivity (Wildman–Crippen MR) is 124 cm³/mol. The van der Waals surface area contributed by atoms with Crippen LogP contribution in [-0.2, 0) is 4.79 Å². The van der Waals surface area contributed by atoms with Crippen LogP contribution in [0.1, 0.15) is 25.3 Å². The van der Waals surface area contributed by atoms with Gasteiger partial charge in [0.2, 0.25) is 11.9 Å². The zero-order valence-corrected chi connectivity index (χ0v) is 18.5. The van der Waals surface area contributed by atoms with Crippen molar-refractivity contribution in [1.82, 2.24) is 15.0 Å². The van der Waals surface area contributed by atoms with E-state index in [1.807, 2.05) is 6.92 Å². The Morgan fingerprint density at radius 2 is 2.03 bits per heavy atom. The topological polar surface area (TPSA) is 104 Å². The molecule has 4 aromatic rings. The Bertz CT molecular complexity index is 1460. The van der Waals surface area contributed by atoms with Gasteiger partial charge in [0.1, 0.15) is 11.6 Å². The van der Waals surface area contributed by atoms with Crippen LogP contribution in [0.2, 0.25) is 0 Å². The van der Waals surface area contributed by atoms with Crippen molar-refractivity contribution in [1.29, 1.82) is 5.26 Å². The van der Waals surface area contributed by atoms with Crippen LogP contribution in [0, 0.1) is 40.8 Å². The first kappa shape index (κ1) is 20.6. The second kappa shape index (κ2) is 7.80. The Labute approximate surface area is 195 Å². The quantitative estimate of drug-likeness (QED) is 0.450. The molecule has 0 spiro atoms. The zero-order chi connectivity index (χ0) is 23.4. The fraction of sp³-hybridized carbons (Fsp3) is 0.308. The van der Waals surface area contributed by atoms with Crippen molar-refractivity contribution in [2.45, 2.75) is 25.9 Å². The third kappa shape index (κ3) is 3.54. The third-order valence-electron chi connectivity index (χ3n) is 7.27. The monoisotopic (exact) mass is 455 g/mol. The lowest BCUT2D eigenvalue weighted by atomic mass is 9.97. The number of hydrogen-bond acceptors (Lipinski definition) is 5. The second-order valence-corrected chi connectivity index (χ2v) is 9.29. The number of H-pyrrole nitrogens is 1. The molecule has 8 heteroatoms. The average molecular weight is 455 g/mol. The fourth-order valence-electron chi connectivity index (χ4n) is 5.60. The van der Waals surface area contributed by atoms with Crippen LogP contribution >= 0.6 is 0 Å². The van der Waals surface area contributed by atoms with E-state index < -0.39 is 0 Å². The number of carbonyl (C=O) groups is 1. The minimum Gasteiger partial charge on any atom is -0.490 e. The Morgan fingerprint density at radius 3 is 2.82 bits per heavy atom. The van der Waals surface area contributed by atoms with E-state index in [0.29, 0.717) is 51.4 Å². The summed E-state index contributed by atoms with van der Waals surface area (Å²) in [6.45, 7) is 1.96. The Morgan fingerprint density at radius 1 is 1.21 bits per heavy atom. The van der Waals surface area contributed by atoms with Crippen molar-refractivity contribution in [2.75, 3.05) is 5.32 Å². The molecule has 2 aliphatic rings. The van der Waals surface area contributed by atoms with Gasteiger partial charge in [0, 0.05) is 17.5 Å². The van der Waals surface area contributed by atoms with Crippen LogP contribution in [0.15, 0.2) is 48.7 Å². The summed E-state index contributed by atoms with van der Waals surface area (Å²) >= 11 is 0. The van der Waals surface area contributed by atoms with Gasteiger partial charge < -0.3 is 9.72 Å². The highest BCUT2D eigenvalue weighted by atomic mass is 19.1. The van der Waals surface area contributed by atoms with E-state index in [2.05, 4.69) is 26.3 Å². The first-order chi connectivity index (χ1) is 16.5. The minimum absolute atomic E-state index is 0.0556. The molecule has 5 atom stereocenters. The third-order valence-corrected chi connectivity index (χ3v) is 7.27. The number of carbonyl (C=O) groups excluding carboxylic acids is 1. The number of aromatic amines is 1. The summed E-state index contributed by atoms with van der Waals surface area (Å²) in [6, 6.07) is 13.6. The summed E-state index contributed by atoms with van der Waals surface area (Å²) in [6.07, 6.45) is 3.50. The number of aromatic nitrogens is 3. The number of anilines is 1. The molecule has 0 radical (unpaired) electrons. The molecule has 6 rings (SSSR count). The Balaban J connectivity index is 1.08. The van der Waals surface area contributed by atoms with E-state index in [1.54, 1.807) is 36.5 Å². The number of benzene rings is 2. The molecule has 2 aromatic heterocycles. The Kier molecular flexibility index (Phi) is 4.73. The van der Waals surface area contributed by atoms with Gasteiger partial charge >= 0.3 is 0 Å². The van der Waals surface area contributed by atoms with Crippen molar-refractivity contribution >= 4 is 33.8 Å². The van der Waals surface area contributed by atoms with Crippen LogP contribution in [-0.4, -0.2) is 27.0 Å². The van der Waals surface area contributed by atoms with E-state index in [-0.39, 0.29) is 23.7 Å². The number of hydrogen-bond donors (Lipinski definition) is 2. The molecule has 2 fully saturated rings. The van der Waals surface area contributed by atoms with Crippen LogP contribution in [0.4, 0.5) is 10.3 Å². The van der Waals surface area contributed by atoms with Crippen molar-refractivity contribution in [3.63, 3.8) is 0 Å². The summed E-state index contributed by atoms with van der Waals surface area (Å²) in [4.78, 5) is 24.6. The summed E-state index contributed by atoms with van der Waals surface area (Å²) < 4.78 is 20.0. The lowest BCUT2D eigenvalue weighted by Gasteiger charge is -2.20. The molecular weight excluding hydrogens is 433 g/mol. The van der Waals surface area contributed by atoms with Crippen LogP contribution in [0.3, 0.4) is 0 Å². The molecule has 34 heavy (non-hydrogen) atoms. The van der Waals surface area contributed by atoms with Gasteiger partial charge in [0.15, 0.2) is 0 Å². The number of halogens is 1. The van der Waals surface area contributed by atoms with Gasteiger partial charge in [-0.05, 0) is 73.1 Å². The van der Waals surface area contributed by atoms with Gasteiger partial charge in [-0.1, -0.05) is 6.92 Å². The molecule has 7 nitrogen and oxygen atoms in total. The van der Waals surface area contributed by atoms with Gasteiger partial charge in [0.05, 0.1) is 34.3 Å². The number of nitrogens with one attached hydrogen (secondary N) is 2. The van der Waals surface area contributed by atoms with Crippen LogP contribution in [0.5, 0.6) is 5.75 Å². The van der Waals surface area contributed by atoms with Crippen molar-refractivity contribution in [2.24, 2.45) is 23.7 Å². The molecule has 2 saturated carbocycles. The lowest BCUT2D eigenvalue weighted by Crippen LogP contribution is -2.26. The number of fused-ring (bicyclic) bond motifs is 3. The van der Waals surface area contributed by atoms with Gasteiger partial charge in [-0.15, -0.1) is 0 Å². The highest BCUT2D eigenvalue weighted by Gasteiger charge is 2.59. The molecular formula is C26H22FN5O2. The molecule has 2 aliphatic carbocycles. The van der Waals surface area contributed by atoms with Gasteiger partial charge in [-0.2, -0.15) is 5.26 Å². The molecule has 170 valence electrons. The zero-order valence-electron chi connectivity index (χ0n) is 18.5. The van der Waals surface area contributed by atoms with Gasteiger partial charge in [-0.25, -0.2) is 9.37 Å². The maximum absolute atomic E-state index is 13.7. The normalized spacial score (nSPS) is 23.9. The maximum atomic E-state index is 13.7. The number of nitriles is 1. The van der Waals surface area contributed by atoms with Crippen molar-refractivity contribution in [3.05, 3.63) is 60.0 Å². The highest BCUT2D eigenvalue weighted by molar-refractivity contribution is 5.93. The molecule has 1 amide bonds. The molecule has 2 heterocycles. The second-order valence-electron chi connectivity index (χ2n) is 9.29.